The zero-order chi connectivity index (χ0) is 12.3. The topological polar surface area (TPSA) is 71.1 Å². The molecule has 0 radical (unpaired) electrons. The highest BCUT2D eigenvalue weighted by molar-refractivity contribution is 7.85. The van der Waals surface area contributed by atoms with Gasteiger partial charge in [0.15, 0.2) is 12.7 Å². The van der Waals surface area contributed by atoms with E-state index in [4.69, 9.17) is 4.55 Å². The number of hydrogen-bond donors (Lipinski definition) is 1. The summed E-state index contributed by atoms with van der Waals surface area (Å²) >= 11 is 0. The summed E-state index contributed by atoms with van der Waals surface area (Å²) in [6, 6.07) is 9.62. The fourth-order valence-corrected chi connectivity index (χ4v) is 2.08. The normalized spacial score (nSPS) is 11.8. The van der Waals surface area contributed by atoms with Crippen LogP contribution in [0.1, 0.15) is 6.42 Å². The fourth-order valence-electron chi connectivity index (χ4n) is 1.59. The van der Waals surface area contributed by atoms with Crippen LogP contribution in [-0.2, 0) is 16.7 Å². The van der Waals surface area contributed by atoms with E-state index in [1.165, 1.54) is 0 Å². The molecular formula is C11H13N2O3S+. The number of rotatable bonds is 4. The predicted molar refractivity (Wildman–Crippen MR) is 63.0 cm³/mol. The Kier molecular flexibility index (Phi) is 3.35. The van der Waals surface area contributed by atoms with Crippen LogP contribution in [0.15, 0.2) is 36.5 Å². The maximum Gasteiger partial charge on any atom is 0.265 e. The second-order valence-corrected chi connectivity index (χ2v) is 5.35. The zero-order valence-corrected chi connectivity index (χ0v) is 9.97. The van der Waals surface area contributed by atoms with E-state index in [2.05, 4.69) is 5.10 Å². The molecule has 5 nitrogen and oxygen atoms in total. The Labute approximate surface area is 99.5 Å². The molecule has 0 bridgehead atoms. The molecule has 1 heterocycles. The average Bonchev–Trinajstić information content (AvgIpc) is 2.27. The van der Waals surface area contributed by atoms with E-state index >= 15 is 0 Å². The van der Waals surface area contributed by atoms with Gasteiger partial charge in [0.1, 0.15) is 5.52 Å². The molecule has 2 rings (SSSR count). The van der Waals surface area contributed by atoms with Gasteiger partial charge in [-0.05, 0) is 6.07 Å². The van der Waals surface area contributed by atoms with E-state index in [0.29, 0.717) is 13.0 Å². The lowest BCUT2D eigenvalue weighted by molar-refractivity contribution is -0.751. The number of fused-ring (bicyclic) bond motifs is 1. The summed E-state index contributed by atoms with van der Waals surface area (Å²) in [5.41, 5.74) is 0.863. The molecule has 6 heteroatoms. The van der Waals surface area contributed by atoms with Gasteiger partial charge >= 0.3 is 0 Å². The maximum absolute atomic E-state index is 10.6. The van der Waals surface area contributed by atoms with Crippen molar-refractivity contribution in [3.8, 4) is 0 Å². The molecule has 2 aromatic rings. The van der Waals surface area contributed by atoms with Gasteiger partial charge in [-0.1, -0.05) is 22.9 Å². The fraction of sp³-hybridized carbons (Fsp3) is 0.273. The molecule has 0 atom stereocenters. The van der Waals surface area contributed by atoms with Gasteiger partial charge < -0.3 is 0 Å². The lowest BCUT2D eigenvalue weighted by atomic mass is 10.2. The van der Waals surface area contributed by atoms with Crippen LogP contribution in [0.2, 0.25) is 0 Å². The molecule has 17 heavy (non-hydrogen) atoms. The van der Waals surface area contributed by atoms with Crippen molar-refractivity contribution in [2.75, 3.05) is 5.75 Å². The minimum Gasteiger partial charge on any atom is -0.286 e. The maximum atomic E-state index is 10.6. The van der Waals surface area contributed by atoms with E-state index in [1.807, 2.05) is 30.3 Å². The lowest BCUT2D eigenvalue weighted by Gasteiger charge is -1.96. The van der Waals surface area contributed by atoms with Crippen LogP contribution in [-0.4, -0.2) is 23.8 Å². The monoisotopic (exact) mass is 253 g/mol. The van der Waals surface area contributed by atoms with Crippen molar-refractivity contribution in [3.05, 3.63) is 36.5 Å². The highest BCUT2D eigenvalue weighted by Crippen LogP contribution is 2.06. The second kappa shape index (κ2) is 4.77. The SMILES string of the molecule is O=S(=O)(O)CCC[n+]1ccc2ccccc2n1. The van der Waals surface area contributed by atoms with Crippen molar-refractivity contribution in [1.82, 2.24) is 5.10 Å². The molecule has 0 amide bonds. The Bertz CT molecular complexity index is 625. The Morgan fingerprint density at radius 3 is 2.76 bits per heavy atom. The minimum absolute atomic E-state index is 0.242. The van der Waals surface area contributed by atoms with E-state index < -0.39 is 10.1 Å². The van der Waals surface area contributed by atoms with Gasteiger partial charge in [-0.2, -0.15) is 8.42 Å². The molecule has 0 unspecified atom stereocenters. The van der Waals surface area contributed by atoms with Gasteiger partial charge in [-0.3, -0.25) is 4.55 Å². The summed E-state index contributed by atoms with van der Waals surface area (Å²) in [4.78, 5) is 0. The van der Waals surface area contributed by atoms with Gasteiger partial charge in [0.25, 0.3) is 10.1 Å². The van der Waals surface area contributed by atoms with Gasteiger partial charge in [-0.15, -0.1) is 0 Å². The highest BCUT2D eigenvalue weighted by atomic mass is 32.2. The third kappa shape index (κ3) is 3.47. The minimum atomic E-state index is -3.88. The average molecular weight is 253 g/mol. The molecule has 90 valence electrons. The van der Waals surface area contributed by atoms with E-state index in [1.54, 1.807) is 10.9 Å². The van der Waals surface area contributed by atoms with Crippen LogP contribution in [0.5, 0.6) is 0 Å². The lowest BCUT2D eigenvalue weighted by Crippen LogP contribution is -2.38. The predicted octanol–water partition coefficient (Wildman–Crippen LogP) is 0.800. The molecule has 0 spiro atoms. The molecule has 1 aromatic heterocycles. The molecule has 0 aliphatic heterocycles. The first-order chi connectivity index (χ1) is 8.04. The standard InChI is InChI=1S/C11H12N2O3S/c14-17(15,16)9-3-7-13-8-6-10-4-1-2-5-11(10)12-13/h1-2,4-6,8H,3,7,9H2/p+1. The van der Waals surface area contributed by atoms with Crippen molar-refractivity contribution in [2.24, 2.45) is 0 Å². The van der Waals surface area contributed by atoms with Gasteiger partial charge in [-0.25, -0.2) is 0 Å². The smallest absolute Gasteiger partial charge is 0.265 e. The van der Waals surface area contributed by atoms with Crippen LogP contribution in [0, 0.1) is 0 Å². The second-order valence-electron chi connectivity index (χ2n) is 3.78. The largest absolute Gasteiger partial charge is 0.286 e. The van der Waals surface area contributed by atoms with Crippen molar-refractivity contribution in [1.29, 1.82) is 0 Å². The van der Waals surface area contributed by atoms with Crippen molar-refractivity contribution >= 4 is 21.0 Å². The summed E-state index contributed by atoms with van der Waals surface area (Å²) in [6.07, 6.45) is 2.14. The Balaban J connectivity index is 2.09. The molecule has 0 saturated carbocycles. The van der Waals surface area contributed by atoms with Crippen LogP contribution < -0.4 is 4.68 Å². The third-order valence-electron chi connectivity index (χ3n) is 2.39. The third-order valence-corrected chi connectivity index (χ3v) is 3.19. The van der Waals surface area contributed by atoms with Crippen LogP contribution in [0.25, 0.3) is 10.9 Å². The first-order valence-corrected chi connectivity index (χ1v) is 6.86. The molecule has 1 aromatic carbocycles. The zero-order valence-electron chi connectivity index (χ0n) is 9.15. The molecule has 1 N–H and O–H groups in total. The number of benzene rings is 1. The number of aryl methyl sites for hydroxylation is 1. The van der Waals surface area contributed by atoms with Crippen molar-refractivity contribution in [2.45, 2.75) is 13.0 Å². The molecule has 0 saturated heterocycles. The van der Waals surface area contributed by atoms with E-state index in [9.17, 15) is 8.42 Å². The Morgan fingerprint density at radius 1 is 1.24 bits per heavy atom. The van der Waals surface area contributed by atoms with Crippen LogP contribution >= 0.6 is 0 Å². The summed E-state index contributed by atoms with van der Waals surface area (Å²) in [6.45, 7) is 0.463. The van der Waals surface area contributed by atoms with Gasteiger partial charge in [0.05, 0.1) is 5.75 Å². The Morgan fingerprint density at radius 2 is 2.00 bits per heavy atom. The Hall–Kier alpha value is -1.53. The van der Waals surface area contributed by atoms with Gasteiger partial charge in [0, 0.05) is 23.0 Å². The van der Waals surface area contributed by atoms with Crippen LogP contribution in [0.3, 0.4) is 0 Å². The number of nitrogens with zero attached hydrogens (tertiary/aromatic N) is 2. The molecular weight excluding hydrogens is 240 g/mol. The number of hydrogen-bond acceptors (Lipinski definition) is 3. The molecule has 0 fully saturated rings. The van der Waals surface area contributed by atoms with Crippen LogP contribution in [0.4, 0.5) is 0 Å². The summed E-state index contributed by atoms with van der Waals surface area (Å²) in [5.74, 6) is -0.242. The quantitative estimate of drug-likeness (QED) is 0.646. The highest BCUT2D eigenvalue weighted by Gasteiger charge is 2.09. The first kappa shape index (κ1) is 11.9. The van der Waals surface area contributed by atoms with E-state index in [0.717, 1.165) is 10.9 Å². The van der Waals surface area contributed by atoms with E-state index in [-0.39, 0.29) is 5.75 Å². The van der Waals surface area contributed by atoms with Crippen molar-refractivity contribution in [3.63, 3.8) is 0 Å². The number of aromatic nitrogens is 2. The van der Waals surface area contributed by atoms with Crippen molar-refractivity contribution < 1.29 is 17.7 Å². The summed E-state index contributed by atoms with van der Waals surface area (Å²) < 4.78 is 31.4. The first-order valence-electron chi connectivity index (χ1n) is 5.25. The summed E-state index contributed by atoms with van der Waals surface area (Å²) in [7, 11) is -3.88. The van der Waals surface area contributed by atoms with Gasteiger partial charge in [0.2, 0.25) is 0 Å². The molecule has 0 aliphatic rings. The summed E-state index contributed by atoms with van der Waals surface area (Å²) in [5, 5.41) is 5.38. The molecule has 0 aliphatic carbocycles.